The van der Waals surface area contributed by atoms with Gasteiger partial charge in [0, 0.05) is 24.2 Å². The van der Waals surface area contributed by atoms with Crippen LogP contribution in [0.15, 0.2) is 58.3 Å². The van der Waals surface area contributed by atoms with Crippen LogP contribution in [0, 0.1) is 0 Å². The first-order chi connectivity index (χ1) is 12.3. The maximum Gasteiger partial charge on any atom is 0.303 e. The lowest BCUT2D eigenvalue weighted by atomic mass is 10.2. The molecule has 0 aromatic heterocycles. The molecular formula is C18H20N2O5S. The van der Waals surface area contributed by atoms with Gasteiger partial charge in [-0.3, -0.25) is 9.59 Å². The summed E-state index contributed by atoms with van der Waals surface area (Å²) in [6, 6.07) is 11.8. The average Bonchev–Trinajstić information content (AvgIpc) is 2.59. The Morgan fingerprint density at radius 3 is 1.92 bits per heavy atom. The molecule has 138 valence electrons. The number of amides is 1. The summed E-state index contributed by atoms with van der Waals surface area (Å²) < 4.78 is 25.1. The first kappa shape index (κ1) is 19.5. The Bertz CT molecular complexity index is 875. The quantitative estimate of drug-likeness (QED) is 0.480. The van der Waals surface area contributed by atoms with E-state index in [0.717, 1.165) is 0 Å². The van der Waals surface area contributed by atoms with Crippen molar-refractivity contribution in [3.05, 3.63) is 48.5 Å². The third-order valence-corrected chi connectivity index (χ3v) is 5.47. The third-order valence-electron chi connectivity index (χ3n) is 3.68. The van der Waals surface area contributed by atoms with Gasteiger partial charge in [-0.05, 0) is 61.4 Å². The van der Waals surface area contributed by atoms with Gasteiger partial charge >= 0.3 is 5.97 Å². The highest BCUT2D eigenvalue weighted by molar-refractivity contribution is 7.91. The number of unbranched alkanes of at least 4 members (excludes halogenated alkanes) is 1. The Labute approximate surface area is 151 Å². The number of carboxylic acid groups (broad SMARTS) is 1. The van der Waals surface area contributed by atoms with Gasteiger partial charge in [0.1, 0.15) is 0 Å². The standard InChI is InChI=1S/C18H20N2O5S/c19-13-5-9-15(10-6-13)26(24,25)16-11-7-14(8-12-16)20-17(21)3-1-2-4-18(22)23/h5-12H,1-4,19H2,(H,20,21)(H,22,23). The lowest BCUT2D eigenvalue weighted by Crippen LogP contribution is -2.11. The van der Waals surface area contributed by atoms with Crippen molar-refractivity contribution < 1.29 is 23.1 Å². The van der Waals surface area contributed by atoms with Crippen LogP contribution in [0.5, 0.6) is 0 Å². The van der Waals surface area contributed by atoms with Crippen molar-refractivity contribution in [2.45, 2.75) is 35.5 Å². The summed E-state index contributed by atoms with van der Waals surface area (Å²) in [4.78, 5) is 22.5. The molecule has 7 nitrogen and oxygen atoms in total. The molecule has 0 aliphatic heterocycles. The van der Waals surface area contributed by atoms with Crippen LogP contribution in [0.4, 0.5) is 11.4 Å². The fourth-order valence-corrected chi connectivity index (χ4v) is 3.55. The summed E-state index contributed by atoms with van der Waals surface area (Å²) in [5.74, 6) is -1.13. The fraction of sp³-hybridized carbons (Fsp3) is 0.222. The molecule has 0 unspecified atom stereocenters. The number of sulfone groups is 1. The Morgan fingerprint density at radius 2 is 1.38 bits per heavy atom. The topological polar surface area (TPSA) is 127 Å². The van der Waals surface area contributed by atoms with E-state index in [2.05, 4.69) is 5.32 Å². The van der Waals surface area contributed by atoms with Crippen molar-refractivity contribution in [3.63, 3.8) is 0 Å². The first-order valence-corrected chi connectivity index (χ1v) is 9.50. The van der Waals surface area contributed by atoms with Gasteiger partial charge in [-0.15, -0.1) is 0 Å². The molecule has 4 N–H and O–H groups in total. The molecule has 0 saturated carbocycles. The van der Waals surface area contributed by atoms with E-state index in [-0.39, 0.29) is 28.5 Å². The molecule has 0 aliphatic rings. The average molecular weight is 376 g/mol. The van der Waals surface area contributed by atoms with Gasteiger partial charge in [-0.25, -0.2) is 8.42 Å². The van der Waals surface area contributed by atoms with Crippen molar-refractivity contribution >= 4 is 33.1 Å². The minimum atomic E-state index is -3.65. The number of hydrogen-bond donors (Lipinski definition) is 3. The lowest BCUT2D eigenvalue weighted by molar-refractivity contribution is -0.137. The first-order valence-electron chi connectivity index (χ1n) is 8.01. The van der Waals surface area contributed by atoms with E-state index in [9.17, 15) is 18.0 Å². The normalized spacial score (nSPS) is 11.1. The van der Waals surface area contributed by atoms with E-state index >= 15 is 0 Å². The van der Waals surface area contributed by atoms with Crippen LogP contribution < -0.4 is 11.1 Å². The van der Waals surface area contributed by atoms with Crippen LogP contribution in [-0.2, 0) is 19.4 Å². The number of carbonyl (C=O) groups excluding carboxylic acids is 1. The van der Waals surface area contributed by atoms with Gasteiger partial charge in [-0.1, -0.05) is 0 Å². The largest absolute Gasteiger partial charge is 0.481 e. The van der Waals surface area contributed by atoms with Crippen molar-refractivity contribution in [1.29, 1.82) is 0 Å². The van der Waals surface area contributed by atoms with E-state index in [1.807, 2.05) is 0 Å². The third kappa shape index (κ3) is 5.32. The lowest BCUT2D eigenvalue weighted by Gasteiger charge is -2.08. The number of nitrogens with one attached hydrogen (secondary N) is 1. The van der Waals surface area contributed by atoms with Gasteiger partial charge in [0.25, 0.3) is 0 Å². The Hall–Kier alpha value is -2.87. The molecule has 2 rings (SSSR count). The van der Waals surface area contributed by atoms with Gasteiger partial charge in [0.15, 0.2) is 0 Å². The second kappa shape index (κ2) is 8.48. The summed E-state index contributed by atoms with van der Waals surface area (Å²) in [6.45, 7) is 0. The van der Waals surface area contributed by atoms with Gasteiger partial charge in [0.2, 0.25) is 15.7 Å². The monoisotopic (exact) mass is 376 g/mol. The molecule has 2 aromatic carbocycles. The Balaban J connectivity index is 1.98. The van der Waals surface area contributed by atoms with Crippen molar-refractivity contribution in [2.24, 2.45) is 0 Å². The molecule has 0 spiro atoms. The maximum atomic E-state index is 12.5. The van der Waals surface area contributed by atoms with Crippen LogP contribution >= 0.6 is 0 Å². The molecular weight excluding hydrogens is 356 g/mol. The molecule has 1 amide bonds. The highest BCUT2D eigenvalue weighted by Crippen LogP contribution is 2.23. The van der Waals surface area contributed by atoms with Crippen LogP contribution in [-0.4, -0.2) is 25.4 Å². The minimum absolute atomic E-state index is 0.0327. The molecule has 8 heteroatoms. The van der Waals surface area contributed by atoms with E-state index in [0.29, 0.717) is 24.2 Å². The van der Waals surface area contributed by atoms with Crippen LogP contribution in [0.25, 0.3) is 0 Å². The Morgan fingerprint density at radius 1 is 0.885 bits per heavy atom. The summed E-state index contributed by atoms with van der Waals surface area (Å²) in [5, 5.41) is 11.2. The predicted octanol–water partition coefficient (Wildman–Crippen LogP) is 2.69. The number of hydrogen-bond acceptors (Lipinski definition) is 5. The summed E-state index contributed by atoms with van der Waals surface area (Å²) in [7, 11) is -3.65. The molecule has 2 aromatic rings. The van der Waals surface area contributed by atoms with Crippen LogP contribution in [0.3, 0.4) is 0 Å². The van der Waals surface area contributed by atoms with Gasteiger partial charge in [0.05, 0.1) is 9.79 Å². The van der Waals surface area contributed by atoms with Crippen molar-refractivity contribution in [1.82, 2.24) is 0 Å². The molecule has 0 fully saturated rings. The number of rotatable bonds is 8. The number of benzene rings is 2. The molecule has 0 heterocycles. The van der Waals surface area contributed by atoms with E-state index in [4.69, 9.17) is 10.8 Å². The second-order valence-electron chi connectivity index (χ2n) is 5.75. The molecule has 0 atom stereocenters. The van der Waals surface area contributed by atoms with E-state index in [1.54, 1.807) is 0 Å². The zero-order valence-corrected chi connectivity index (χ0v) is 14.8. The predicted molar refractivity (Wildman–Crippen MR) is 97.5 cm³/mol. The fourth-order valence-electron chi connectivity index (χ4n) is 2.29. The minimum Gasteiger partial charge on any atom is -0.481 e. The number of anilines is 2. The summed E-state index contributed by atoms with van der Waals surface area (Å²) in [6.07, 6.45) is 1.15. The van der Waals surface area contributed by atoms with E-state index in [1.165, 1.54) is 48.5 Å². The van der Waals surface area contributed by atoms with Gasteiger partial charge < -0.3 is 16.2 Å². The van der Waals surface area contributed by atoms with Gasteiger partial charge in [-0.2, -0.15) is 0 Å². The number of carboxylic acids is 1. The number of aliphatic carboxylic acids is 1. The van der Waals surface area contributed by atoms with Crippen LogP contribution in [0.1, 0.15) is 25.7 Å². The van der Waals surface area contributed by atoms with Crippen molar-refractivity contribution in [2.75, 3.05) is 11.1 Å². The number of nitrogen functional groups attached to an aromatic ring is 1. The number of nitrogens with two attached hydrogens (primary N) is 1. The highest BCUT2D eigenvalue weighted by Gasteiger charge is 2.17. The maximum absolute atomic E-state index is 12.5. The number of carbonyl (C=O) groups is 2. The SMILES string of the molecule is Nc1ccc(S(=O)(=O)c2ccc(NC(=O)CCCCC(=O)O)cc2)cc1. The smallest absolute Gasteiger partial charge is 0.303 e. The summed E-state index contributed by atoms with van der Waals surface area (Å²) >= 11 is 0. The molecule has 0 radical (unpaired) electrons. The Kier molecular flexibility index (Phi) is 6.35. The second-order valence-corrected chi connectivity index (χ2v) is 7.70. The van der Waals surface area contributed by atoms with E-state index < -0.39 is 15.8 Å². The molecule has 0 saturated heterocycles. The highest BCUT2D eigenvalue weighted by atomic mass is 32.2. The zero-order valence-electron chi connectivity index (χ0n) is 14.0. The van der Waals surface area contributed by atoms with Crippen molar-refractivity contribution in [3.8, 4) is 0 Å². The molecule has 0 bridgehead atoms. The molecule has 26 heavy (non-hydrogen) atoms. The summed E-state index contributed by atoms with van der Waals surface area (Å²) in [5.41, 5.74) is 6.52. The zero-order chi connectivity index (χ0) is 19.2. The van der Waals surface area contributed by atoms with Crippen LogP contribution in [0.2, 0.25) is 0 Å². The molecule has 0 aliphatic carbocycles.